The van der Waals surface area contributed by atoms with E-state index in [2.05, 4.69) is 68.5 Å². The molecule has 3 aromatic rings. The van der Waals surface area contributed by atoms with Crippen molar-refractivity contribution in [3.05, 3.63) is 50.0 Å². The third-order valence-corrected chi connectivity index (χ3v) is 9.55. The Hall–Kier alpha value is -1.79. The van der Waals surface area contributed by atoms with Gasteiger partial charge in [-0.3, -0.25) is 0 Å². The number of fused-ring (bicyclic) bond motifs is 3. The second-order valence-electron chi connectivity index (χ2n) is 10.3. The molecule has 7 nitrogen and oxygen atoms in total. The number of benzene rings is 2. The van der Waals surface area contributed by atoms with E-state index < -0.39 is 5.60 Å². The predicted octanol–water partition coefficient (Wildman–Crippen LogP) is 6.89. The Labute approximate surface area is 244 Å². The Morgan fingerprint density at radius 3 is 2.59 bits per heavy atom. The third-order valence-electron chi connectivity index (χ3n) is 6.44. The molecule has 2 atom stereocenters. The van der Waals surface area contributed by atoms with Crippen molar-refractivity contribution in [3.8, 4) is 5.75 Å². The summed E-state index contributed by atoms with van der Waals surface area (Å²) in [5.41, 5.74) is 1.39. The van der Waals surface area contributed by atoms with Crippen LogP contribution in [-0.2, 0) is 11.3 Å². The zero-order valence-corrected chi connectivity index (χ0v) is 25.9. The van der Waals surface area contributed by atoms with Gasteiger partial charge in [0.2, 0.25) is 0 Å². The summed E-state index contributed by atoms with van der Waals surface area (Å²) in [6, 6.07) is 12.6. The summed E-state index contributed by atoms with van der Waals surface area (Å²) >= 11 is 7.71. The molecule has 10 heteroatoms. The fraction of sp³-hybridized carbons (Fsp3) is 0.444. The van der Waals surface area contributed by atoms with Gasteiger partial charge in [0.15, 0.2) is 10.9 Å². The second kappa shape index (κ2) is 10.8. The molecule has 2 aromatic carbocycles. The van der Waals surface area contributed by atoms with Gasteiger partial charge in [-0.15, -0.1) is 0 Å². The van der Waals surface area contributed by atoms with Gasteiger partial charge in [0.05, 0.1) is 16.6 Å². The van der Waals surface area contributed by atoms with E-state index >= 15 is 0 Å². The average Bonchev–Trinajstić information content (AvgIpc) is 3.46. The molecule has 2 fully saturated rings. The number of carbonyl (C=O) groups excluding carboxylic acids is 1. The third kappa shape index (κ3) is 5.66. The van der Waals surface area contributed by atoms with Gasteiger partial charge >= 0.3 is 6.09 Å². The monoisotopic (exact) mass is 696 g/mol. The highest BCUT2D eigenvalue weighted by atomic mass is 127. The molecule has 2 bridgehead atoms. The van der Waals surface area contributed by atoms with Gasteiger partial charge in [-0.2, -0.15) is 0 Å². The fourth-order valence-electron chi connectivity index (χ4n) is 4.89. The van der Waals surface area contributed by atoms with Crippen molar-refractivity contribution in [3.63, 3.8) is 0 Å². The topological polar surface area (TPSA) is 67.8 Å². The number of ether oxygens (including phenoxy) is 2. The molecular formula is C27H30BrIN4O3S. The van der Waals surface area contributed by atoms with Crippen molar-refractivity contribution in [2.45, 2.75) is 63.6 Å². The van der Waals surface area contributed by atoms with E-state index in [0.717, 1.165) is 60.0 Å². The first kappa shape index (κ1) is 26.8. The Kier molecular flexibility index (Phi) is 7.80. The van der Waals surface area contributed by atoms with E-state index in [1.165, 1.54) is 0 Å². The number of hydrogen-bond acceptors (Lipinski definition) is 7. The van der Waals surface area contributed by atoms with E-state index in [0.29, 0.717) is 13.2 Å². The number of rotatable bonds is 6. The Bertz CT molecular complexity index is 1320. The van der Waals surface area contributed by atoms with Crippen LogP contribution in [0.25, 0.3) is 10.9 Å². The van der Waals surface area contributed by atoms with Crippen LogP contribution in [0, 0.1) is 3.57 Å². The summed E-state index contributed by atoms with van der Waals surface area (Å²) in [7, 11) is 0. The maximum atomic E-state index is 12.8. The van der Waals surface area contributed by atoms with Crippen molar-refractivity contribution >= 4 is 73.1 Å². The molecule has 0 N–H and O–H groups in total. The first-order valence-corrected chi connectivity index (χ1v) is 15.3. The van der Waals surface area contributed by atoms with Gasteiger partial charge in [-0.1, -0.05) is 49.0 Å². The van der Waals surface area contributed by atoms with Gasteiger partial charge in [-0.05, 0) is 83.1 Å². The number of carbonyl (C=O) groups is 1. The lowest BCUT2D eigenvalue weighted by molar-refractivity contribution is 0.0214. The largest absolute Gasteiger partial charge is 0.485 e. The lowest BCUT2D eigenvalue weighted by Gasteiger charge is -2.36. The predicted molar refractivity (Wildman–Crippen MR) is 160 cm³/mol. The number of likely N-dealkylation sites (tertiary alicyclic amines) is 1. The lowest BCUT2D eigenvalue weighted by atomic mass is 10.2. The lowest BCUT2D eigenvalue weighted by Crippen LogP contribution is -2.50. The standard InChI is InChI=1S/C27H30BrIN4O3S/c1-5-37-25-30-22-19(12-20(29)21(28)23(22)35-15-16-9-7-6-8-10-16)24(31-25)32-13-18-11-17(32)14-33(18)26(34)36-27(2,3)4/h6-10,12,17-18H,5,11,13-15H2,1-4H3/t17-,18-/m0/s1. The van der Waals surface area contributed by atoms with Crippen molar-refractivity contribution in [1.82, 2.24) is 14.9 Å². The minimum atomic E-state index is -0.506. The molecule has 3 heterocycles. The van der Waals surface area contributed by atoms with E-state index in [1.807, 2.05) is 43.9 Å². The van der Waals surface area contributed by atoms with Crippen LogP contribution in [0.1, 0.15) is 39.7 Å². The number of thioether (sulfide) groups is 1. The molecule has 0 radical (unpaired) electrons. The summed E-state index contributed by atoms with van der Waals surface area (Å²) in [5.74, 6) is 2.51. The molecule has 1 amide bonds. The van der Waals surface area contributed by atoms with Crippen molar-refractivity contribution in [2.75, 3.05) is 23.7 Å². The highest BCUT2D eigenvalue weighted by molar-refractivity contribution is 14.1. The highest BCUT2D eigenvalue weighted by Gasteiger charge is 2.47. The highest BCUT2D eigenvalue weighted by Crippen LogP contribution is 2.43. The van der Waals surface area contributed by atoms with Crippen LogP contribution in [0.4, 0.5) is 10.6 Å². The second-order valence-corrected chi connectivity index (χ2v) is 13.4. The number of piperazine rings is 1. The van der Waals surface area contributed by atoms with E-state index in [1.54, 1.807) is 11.8 Å². The molecule has 2 saturated heterocycles. The SMILES string of the molecule is CCSc1nc(N2C[C@@H]3C[C@H]2CN3C(=O)OC(C)(C)C)c2cc(I)c(Br)c(OCc3ccccc3)c2n1. The van der Waals surface area contributed by atoms with Crippen molar-refractivity contribution in [1.29, 1.82) is 0 Å². The smallest absolute Gasteiger partial charge is 0.410 e. The fourth-order valence-corrected chi connectivity index (χ4v) is 6.43. The molecule has 0 aliphatic carbocycles. The molecule has 0 saturated carbocycles. The molecule has 2 aliphatic rings. The van der Waals surface area contributed by atoms with Crippen LogP contribution in [0.3, 0.4) is 0 Å². The average molecular weight is 697 g/mol. The van der Waals surface area contributed by atoms with Gasteiger partial charge in [0.25, 0.3) is 0 Å². The number of nitrogens with zero attached hydrogens (tertiary/aromatic N) is 4. The normalized spacial score (nSPS) is 19.1. The molecule has 5 rings (SSSR count). The Morgan fingerprint density at radius 1 is 1.19 bits per heavy atom. The zero-order valence-electron chi connectivity index (χ0n) is 21.3. The number of halogens is 2. The first-order valence-electron chi connectivity index (χ1n) is 12.4. The van der Waals surface area contributed by atoms with Crippen molar-refractivity contribution < 1.29 is 14.3 Å². The molecule has 0 spiro atoms. The summed E-state index contributed by atoms with van der Waals surface area (Å²) < 4.78 is 14.0. The quantitative estimate of drug-likeness (QED) is 0.158. The van der Waals surface area contributed by atoms with Crippen LogP contribution < -0.4 is 9.64 Å². The Balaban J connectivity index is 1.50. The number of aromatic nitrogens is 2. The molecule has 1 aromatic heterocycles. The van der Waals surface area contributed by atoms with E-state index in [4.69, 9.17) is 19.4 Å². The Morgan fingerprint density at radius 2 is 1.95 bits per heavy atom. The van der Waals surface area contributed by atoms with Crippen LogP contribution in [0.5, 0.6) is 5.75 Å². The number of anilines is 1. The molecule has 2 aliphatic heterocycles. The van der Waals surface area contributed by atoms with Gasteiger partial charge in [0.1, 0.15) is 23.5 Å². The first-order chi connectivity index (χ1) is 17.6. The van der Waals surface area contributed by atoms with Gasteiger partial charge in [-0.25, -0.2) is 14.8 Å². The number of hydrogen-bond donors (Lipinski definition) is 0. The van der Waals surface area contributed by atoms with Crippen LogP contribution >= 0.6 is 50.3 Å². The van der Waals surface area contributed by atoms with E-state index in [9.17, 15) is 4.79 Å². The maximum Gasteiger partial charge on any atom is 0.410 e. The van der Waals surface area contributed by atoms with Crippen LogP contribution in [0.2, 0.25) is 0 Å². The van der Waals surface area contributed by atoms with Gasteiger partial charge in [0, 0.05) is 22.0 Å². The van der Waals surface area contributed by atoms with Crippen molar-refractivity contribution in [2.24, 2.45) is 0 Å². The molecule has 196 valence electrons. The zero-order chi connectivity index (χ0) is 26.3. The van der Waals surface area contributed by atoms with Gasteiger partial charge < -0.3 is 19.3 Å². The minimum Gasteiger partial charge on any atom is -0.485 e. The molecule has 0 unspecified atom stereocenters. The molecular weight excluding hydrogens is 667 g/mol. The summed E-state index contributed by atoms with van der Waals surface area (Å²) in [4.78, 5) is 27.0. The summed E-state index contributed by atoms with van der Waals surface area (Å²) in [6.07, 6.45) is 0.677. The van der Waals surface area contributed by atoms with E-state index in [-0.39, 0.29) is 18.2 Å². The van der Waals surface area contributed by atoms with Crippen LogP contribution in [-0.4, -0.2) is 57.5 Å². The van der Waals surface area contributed by atoms with Crippen LogP contribution in [0.15, 0.2) is 46.0 Å². The maximum absolute atomic E-state index is 12.8. The molecule has 37 heavy (non-hydrogen) atoms. The summed E-state index contributed by atoms with van der Waals surface area (Å²) in [5, 5.41) is 1.70. The summed E-state index contributed by atoms with van der Waals surface area (Å²) in [6.45, 7) is 9.62. The number of amides is 1. The minimum absolute atomic E-state index is 0.107.